The summed E-state index contributed by atoms with van der Waals surface area (Å²) in [6.45, 7) is -1.24. The topological polar surface area (TPSA) is 56.8 Å². The minimum Gasteiger partial charge on any atom is -0.493 e. The van der Waals surface area contributed by atoms with Crippen molar-refractivity contribution in [2.45, 2.75) is 20.1 Å². The molecule has 8 heteroatoms. The summed E-state index contributed by atoms with van der Waals surface area (Å²) in [6.07, 6.45) is 0. The predicted molar refractivity (Wildman–Crippen MR) is 95.8 cm³/mol. The lowest BCUT2D eigenvalue weighted by Gasteiger charge is -2.13. The lowest BCUT2D eigenvalue weighted by molar-refractivity contribution is -0.123. The van der Waals surface area contributed by atoms with Crippen LogP contribution in [0.15, 0.2) is 40.9 Å². The molecule has 0 fully saturated rings. The van der Waals surface area contributed by atoms with Gasteiger partial charge in [0.25, 0.3) is 5.91 Å². The van der Waals surface area contributed by atoms with E-state index >= 15 is 0 Å². The highest BCUT2D eigenvalue weighted by atomic mass is 79.9. The molecule has 0 aliphatic carbocycles. The third-order valence-corrected chi connectivity index (χ3v) is 3.89. The first kappa shape index (κ1) is 20.0. The zero-order valence-electron chi connectivity index (χ0n) is 14.2. The van der Waals surface area contributed by atoms with Crippen LogP contribution in [0.5, 0.6) is 17.2 Å². The second-order valence-electron chi connectivity index (χ2n) is 5.35. The summed E-state index contributed by atoms with van der Waals surface area (Å²) in [5, 5.41) is 2.61. The highest BCUT2D eigenvalue weighted by Gasteiger charge is 2.12. The molecule has 0 saturated heterocycles. The van der Waals surface area contributed by atoms with Crippen LogP contribution >= 0.6 is 15.9 Å². The van der Waals surface area contributed by atoms with E-state index in [0.29, 0.717) is 21.5 Å². The van der Waals surface area contributed by atoms with Crippen molar-refractivity contribution in [1.82, 2.24) is 5.32 Å². The third-order valence-electron chi connectivity index (χ3n) is 3.39. The van der Waals surface area contributed by atoms with Crippen LogP contribution in [0.2, 0.25) is 0 Å². The second kappa shape index (κ2) is 9.38. The molecule has 0 radical (unpaired) electrons. The van der Waals surface area contributed by atoms with Crippen molar-refractivity contribution < 1.29 is 27.8 Å². The van der Waals surface area contributed by atoms with Crippen molar-refractivity contribution in [2.24, 2.45) is 0 Å². The summed E-state index contributed by atoms with van der Waals surface area (Å²) in [7, 11) is 1.51. The van der Waals surface area contributed by atoms with E-state index in [0.717, 1.165) is 5.56 Å². The molecule has 0 bridgehead atoms. The minimum atomic E-state index is -2.94. The van der Waals surface area contributed by atoms with Crippen LogP contribution in [0.25, 0.3) is 0 Å². The van der Waals surface area contributed by atoms with Crippen LogP contribution in [-0.2, 0) is 11.3 Å². The highest BCUT2D eigenvalue weighted by Crippen LogP contribution is 2.28. The van der Waals surface area contributed by atoms with Gasteiger partial charge in [-0.1, -0.05) is 22.0 Å². The Kier molecular flexibility index (Phi) is 7.20. The van der Waals surface area contributed by atoms with Gasteiger partial charge in [0.05, 0.1) is 7.11 Å². The number of amides is 1. The monoisotopic (exact) mass is 429 g/mol. The van der Waals surface area contributed by atoms with E-state index in [1.807, 2.05) is 13.0 Å². The second-order valence-corrected chi connectivity index (χ2v) is 6.27. The first-order valence-electron chi connectivity index (χ1n) is 7.66. The number of methoxy groups -OCH3 is 1. The molecule has 5 nitrogen and oxygen atoms in total. The van der Waals surface area contributed by atoms with Crippen LogP contribution in [0, 0.1) is 6.92 Å². The fourth-order valence-corrected chi connectivity index (χ4v) is 2.59. The van der Waals surface area contributed by atoms with Crippen molar-refractivity contribution in [2.75, 3.05) is 13.7 Å². The number of nitrogens with one attached hydrogen (secondary N) is 1. The van der Waals surface area contributed by atoms with Crippen LogP contribution < -0.4 is 19.5 Å². The molecule has 0 heterocycles. The smallest absolute Gasteiger partial charge is 0.387 e. The quantitative estimate of drug-likeness (QED) is 0.687. The van der Waals surface area contributed by atoms with E-state index in [-0.39, 0.29) is 18.9 Å². The number of aryl methyl sites for hydroxylation is 1. The van der Waals surface area contributed by atoms with Crippen molar-refractivity contribution in [3.05, 3.63) is 52.0 Å². The molecule has 1 amide bonds. The number of halogens is 3. The lowest BCUT2D eigenvalue weighted by atomic mass is 10.2. The first-order valence-corrected chi connectivity index (χ1v) is 8.45. The van der Waals surface area contributed by atoms with E-state index < -0.39 is 12.5 Å². The number of rotatable bonds is 8. The fourth-order valence-electron chi connectivity index (χ4n) is 2.18. The van der Waals surface area contributed by atoms with Crippen molar-refractivity contribution >= 4 is 21.8 Å². The molecular formula is C18H18BrF2NO4. The third kappa shape index (κ3) is 5.87. The first-order chi connectivity index (χ1) is 12.4. The normalized spacial score (nSPS) is 10.5. The summed E-state index contributed by atoms with van der Waals surface area (Å²) in [6, 6.07) is 9.93. The number of ether oxygens (including phenoxy) is 3. The van der Waals surface area contributed by atoms with E-state index in [1.165, 1.54) is 13.2 Å². The summed E-state index contributed by atoms with van der Waals surface area (Å²) in [4.78, 5) is 12.0. The summed E-state index contributed by atoms with van der Waals surface area (Å²) in [5.74, 6) is 0.565. The molecule has 2 aromatic rings. The Labute approximate surface area is 158 Å². The number of alkyl halides is 2. The van der Waals surface area contributed by atoms with E-state index in [2.05, 4.69) is 26.0 Å². The van der Waals surface area contributed by atoms with E-state index in [9.17, 15) is 13.6 Å². The minimum absolute atomic E-state index is 0.00428. The zero-order chi connectivity index (χ0) is 19.1. The molecule has 0 saturated carbocycles. The van der Waals surface area contributed by atoms with Gasteiger partial charge in [-0.15, -0.1) is 0 Å². The molecule has 26 heavy (non-hydrogen) atoms. The van der Waals surface area contributed by atoms with Crippen molar-refractivity contribution in [3.63, 3.8) is 0 Å². The van der Waals surface area contributed by atoms with Gasteiger partial charge in [-0.25, -0.2) is 0 Å². The van der Waals surface area contributed by atoms with Gasteiger partial charge in [0, 0.05) is 16.6 Å². The molecule has 0 spiro atoms. The van der Waals surface area contributed by atoms with Gasteiger partial charge < -0.3 is 19.5 Å². The van der Waals surface area contributed by atoms with Gasteiger partial charge in [-0.2, -0.15) is 8.78 Å². The zero-order valence-corrected chi connectivity index (χ0v) is 15.8. The number of hydrogen-bond acceptors (Lipinski definition) is 4. The Morgan fingerprint density at radius 1 is 1.15 bits per heavy atom. The average molecular weight is 430 g/mol. The SMILES string of the molecule is COc1cc(C)ccc1OCC(=O)NCc1cc(Br)ccc1OC(F)F. The average Bonchev–Trinajstić information content (AvgIpc) is 2.60. The lowest BCUT2D eigenvalue weighted by Crippen LogP contribution is -2.28. The van der Waals surface area contributed by atoms with Crippen LogP contribution in [-0.4, -0.2) is 26.2 Å². The molecule has 2 rings (SSSR count). The molecule has 0 atom stereocenters. The Hall–Kier alpha value is -2.35. The van der Waals surface area contributed by atoms with Crippen LogP contribution in [0.3, 0.4) is 0 Å². The molecule has 0 aliphatic heterocycles. The Balaban J connectivity index is 1.94. The van der Waals surface area contributed by atoms with Gasteiger partial charge in [0.15, 0.2) is 18.1 Å². The Bertz CT molecular complexity index is 771. The number of carbonyl (C=O) groups excluding carboxylic acids is 1. The van der Waals surface area contributed by atoms with Crippen molar-refractivity contribution in [3.8, 4) is 17.2 Å². The van der Waals surface area contributed by atoms with Crippen LogP contribution in [0.1, 0.15) is 11.1 Å². The molecule has 1 N–H and O–H groups in total. The maximum absolute atomic E-state index is 12.5. The Morgan fingerprint density at radius 2 is 1.88 bits per heavy atom. The maximum atomic E-state index is 12.5. The molecule has 0 aliphatic rings. The summed E-state index contributed by atoms with van der Waals surface area (Å²) in [5.41, 5.74) is 1.42. The van der Waals surface area contributed by atoms with Crippen LogP contribution in [0.4, 0.5) is 8.78 Å². The molecule has 0 unspecified atom stereocenters. The van der Waals surface area contributed by atoms with Gasteiger partial charge in [-0.05, 0) is 42.8 Å². The maximum Gasteiger partial charge on any atom is 0.387 e. The number of hydrogen-bond donors (Lipinski definition) is 1. The standard InChI is InChI=1S/C18H18BrF2NO4/c1-11-3-5-15(16(7-11)24-2)25-10-17(23)22-9-12-8-13(19)4-6-14(12)26-18(20)21/h3-8,18H,9-10H2,1-2H3,(H,22,23). The summed E-state index contributed by atoms with van der Waals surface area (Å²) < 4.78 is 40.7. The highest BCUT2D eigenvalue weighted by molar-refractivity contribution is 9.10. The Morgan fingerprint density at radius 3 is 2.58 bits per heavy atom. The van der Waals surface area contributed by atoms with Gasteiger partial charge in [-0.3, -0.25) is 4.79 Å². The number of benzene rings is 2. The van der Waals surface area contributed by atoms with E-state index in [1.54, 1.807) is 24.3 Å². The predicted octanol–water partition coefficient (Wildman–Crippen LogP) is 4.06. The molecule has 0 aromatic heterocycles. The van der Waals surface area contributed by atoms with Crippen molar-refractivity contribution in [1.29, 1.82) is 0 Å². The largest absolute Gasteiger partial charge is 0.493 e. The summed E-state index contributed by atoms with van der Waals surface area (Å²) >= 11 is 3.26. The number of carbonyl (C=O) groups is 1. The molecular weight excluding hydrogens is 412 g/mol. The molecule has 2 aromatic carbocycles. The van der Waals surface area contributed by atoms with Gasteiger partial charge in [0.2, 0.25) is 0 Å². The molecule has 140 valence electrons. The van der Waals surface area contributed by atoms with Gasteiger partial charge in [0.1, 0.15) is 5.75 Å². The van der Waals surface area contributed by atoms with Gasteiger partial charge >= 0.3 is 6.61 Å². The fraction of sp³-hybridized carbons (Fsp3) is 0.278. The van der Waals surface area contributed by atoms with E-state index in [4.69, 9.17) is 9.47 Å².